The SMILES string of the molecule is O=C1CCC(C(=O)N2CCC(F)(F)C2)CC1. The first-order chi connectivity index (χ1) is 7.48. The molecule has 3 nitrogen and oxygen atoms in total. The number of carbonyl (C=O) groups excluding carboxylic acids is 2. The second-order valence-electron chi connectivity index (χ2n) is 4.68. The van der Waals surface area contributed by atoms with Gasteiger partial charge in [-0.3, -0.25) is 9.59 Å². The molecule has 5 heteroatoms. The Bertz CT molecular complexity index is 307. The van der Waals surface area contributed by atoms with Crippen LogP contribution in [0.4, 0.5) is 8.78 Å². The number of Topliss-reactive ketones (excluding diaryl/α,β-unsaturated/α-hetero) is 1. The number of hydrogen-bond acceptors (Lipinski definition) is 2. The summed E-state index contributed by atoms with van der Waals surface area (Å²) in [5.74, 6) is -2.95. The van der Waals surface area contributed by atoms with Crippen LogP contribution in [0.25, 0.3) is 0 Å². The van der Waals surface area contributed by atoms with Crippen molar-refractivity contribution in [2.24, 2.45) is 5.92 Å². The van der Waals surface area contributed by atoms with Crippen molar-refractivity contribution in [2.75, 3.05) is 13.1 Å². The van der Waals surface area contributed by atoms with Crippen molar-refractivity contribution in [3.8, 4) is 0 Å². The second-order valence-corrected chi connectivity index (χ2v) is 4.68. The molecular weight excluding hydrogens is 216 g/mol. The second kappa shape index (κ2) is 4.11. The minimum Gasteiger partial charge on any atom is -0.336 e. The largest absolute Gasteiger partial charge is 0.336 e. The van der Waals surface area contributed by atoms with E-state index < -0.39 is 12.5 Å². The molecule has 0 N–H and O–H groups in total. The summed E-state index contributed by atoms with van der Waals surface area (Å²) in [4.78, 5) is 24.1. The Morgan fingerprint density at radius 3 is 2.44 bits per heavy atom. The van der Waals surface area contributed by atoms with Gasteiger partial charge in [0.15, 0.2) is 0 Å². The first kappa shape index (κ1) is 11.5. The third-order valence-electron chi connectivity index (χ3n) is 3.37. The Hall–Kier alpha value is -1.00. The number of ketones is 1. The van der Waals surface area contributed by atoms with Gasteiger partial charge in [-0.2, -0.15) is 0 Å². The van der Waals surface area contributed by atoms with Crippen molar-refractivity contribution in [1.29, 1.82) is 0 Å². The predicted molar refractivity (Wildman–Crippen MR) is 53.1 cm³/mol. The molecule has 0 radical (unpaired) electrons. The molecule has 0 bridgehead atoms. The molecule has 0 unspecified atom stereocenters. The van der Waals surface area contributed by atoms with Gasteiger partial charge in [-0.1, -0.05) is 0 Å². The summed E-state index contributed by atoms with van der Waals surface area (Å²) in [7, 11) is 0. The number of carbonyl (C=O) groups is 2. The number of amides is 1. The van der Waals surface area contributed by atoms with Gasteiger partial charge in [0.1, 0.15) is 5.78 Å². The lowest BCUT2D eigenvalue weighted by Crippen LogP contribution is -2.37. The molecule has 1 aliphatic carbocycles. The number of rotatable bonds is 1. The number of likely N-dealkylation sites (tertiary alicyclic amines) is 1. The van der Waals surface area contributed by atoms with Crippen LogP contribution in [0.15, 0.2) is 0 Å². The van der Waals surface area contributed by atoms with Crippen LogP contribution in [0.2, 0.25) is 0 Å². The van der Waals surface area contributed by atoms with Gasteiger partial charge in [0.05, 0.1) is 6.54 Å². The van der Waals surface area contributed by atoms with E-state index in [1.54, 1.807) is 0 Å². The average molecular weight is 231 g/mol. The zero-order valence-corrected chi connectivity index (χ0v) is 9.05. The highest BCUT2D eigenvalue weighted by atomic mass is 19.3. The van der Waals surface area contributed by atoms with Crippen LogP contribution in [0.1, 0.15) is 32.1 Å². The van der Waals surface area contributed by atoms with Gasteiger partial charge >= 0.3 is 0 Å². The van der Waals surface area contributed by atoms with Crippen LogP contribution in [-0.2, 0) is 9.59 Å². The molecule has 2 aliphatic rings. The minimum atomic E-state index is -2.72. The molecule has 2 rings (SSSR count). The lowest BCUT2D eigenvalue weighted by molar-refractivity contribution is -0.138. The average Bonchev–Trinajstić information content (AvgIpc) is 2.59. The van der Waals surface area contributed by atoms with E-state index in [-0.39, 0.29) is 30.6 Å². The highest BCUT2D eigenvalue weighted by Crippen LogP contribution is 2.30. The molecule has 0 atom stereocenters. The molecule has 0 aromatic heterocycles. The van der Waals surface area contributed by atoms with Gasteiger partial charge in [0.2, 0.25) is 5.91 Å². The summed E-state index contributed by atoms with van der Waals surface area (Å²) in [6, 6.07) is 0. The maximum absolute atomic E-state index is 12.9. The van der Waals surface area contributed by atoms with E-state index in [0.29, 0.717) is 25.7 Å². The van der Waals surface area contributed by atoms with Crippen molar-refractivity contribution >= 4 is 11.7 Å². The first-order valence-electron chi connectivity index (χ1n) is 5.66. The van der Waals surface area contributed by atoms with E-state index in [2.05, 4.69) is 0 Å². The van der Waals surface area contributed by atoms with Crippen molar-refractivity contribution < 1.29 is 18.4 Å². The number of hydrogen-bond donors (Lipinski definition) is 0. The molecule has 1 saturated carbocycles. The van der Waals surface area contributed by atoms with Crippen LogP contribution in [0.3, 0.4) is 0 Å². The highest BCUT2D eigenvalue weighted by molar-refractivity contribution is 5.84. The number of halogens is 2. The molecule has 1 heterocycles. The molecule has 0 spiro atoms. The van der Waals surface area contributed by atoms with E-state index in [4.69, 9.17) is 0 Å². The molecule has 16 heavy (non-hydrogen) atoms. The Balaban J connectivity index is 1.91. The molecule has 0 aromatic rings. The van der Waals surface area contributed by atoms with Gasteiger partial charge < -0.3 is 4.90 Å². The van der Waals surface area contributed by atoms with Crippen molar-refractivity contribution in [2.45, 2.75) is 38.0 Å². The fourth-order valence-electron chi connectivity index (χ4n) is 2.37. The topological polar surface area (TPSA) is 37.4 Å². The van der Waals surface area contributed by atoms with Crippen LogP contribution >= 0.6 is 0 Å². The van der Waals surface area contributed by atoms with E-state index in [1.807, 2.05) is 0 Å². The maximum Gasteiger partial charge on any atom is 0.267 e. The lowest BCUT2D eigenvalue weighted by atomic mass is 9.87. The van der Waals surface area contributed by atoms with E-state index in [1.165, 1.54) is 4.90 Å². The standard InChI is InChI=1S/C11H15F2NO2/c12-11(13)5-6-14(7-11)10(16)8-1-3-9(15)4-2-8/h8H,1-7H2. The summed E-state index contributed by atoms with van der Waals surface area (Å²) in [5, 5.41) is 0. The first-order valence-corrected chi connectivity index (χ1v) is 5.66. The summed E-state index contributed by atoms with van der Waals surface area (Å²) in [6.07, 6.45) is 1.66. The smallest absolute Gasteiger partial charge is 0.267 e. The fraction of sp³-hybridized carbons (Fsp3) is 0.818. The third-order valence-corrected chi connectivity index (χ3v) is 3.37. The van der Waals surface area contributed by atoms with Gasteiger partial charge in [0, 0.05) is 31.7 Å². The monoisotopic (exact) mass is 231 g/mol. The normalized spacial score (nSPS) is 26.1. The molecule has 1 amide bonds. The predicted octanol–water partition coefficient (Wildman–Crippen LogP) is 1.61. The fourth-order valence-corrected chi connectivity index (χ4v) is 2.37. The van der Waals surface area contributed by atoms with Crippen LogP contribution < -0.4 is 0 Å². The zero-order valence-electron chi connectivity index (χ0n) is 9.05. The Morgan fingerprint density at radius 1 is 1.31 bits per heavy atom. The number of alkyl halides is 2. The van der Waals surface area contributed by atoms with Crippen molar-refractivity contribution in [3.05, 3.63) is 0 Å². The van der Waals surface area contributed by atoms with Gasteiger partial charge in [0.25, 0.3) is 5.92 Å². The van der Waals surface area contributed by atoms with E-state index >= 15 is 0 Å². The van der Waals surface area contributed by atoms with Crippen LogP contribution in [0.5, 0.6) is 0 Å². The summed E-state index contributed by atoms with van der Waals surface area (Å²) < 4.78 is 25.9. The third kappa shape index (κ3) is 2.39. The Morgan fingerprint density at radius 2 is 1.94 bits per heavy atom. The lowest BCUT2D eigenvalue weighted by Gasteiger charge is -2.25. The molecule has 1 saturated heterocycles. The molecule has 2 fully saturated rings. The van der Waals surface area contributed by atoms with E-state index in [0.717, 1.165) is 0 Å². The number of nitrogens with zero attached hydrogens (tertiary/aromatic N) is 1. The minimum absolute atomic E-state index is 0.149. The Kier molecular flexibility index (Phi) is 2.95. The quantitative estimate of drug-likeness (QED) is 0.687. The summed E-state index contributed by atoms with van der Waals surface area (Å²) >= 11 is 0. The van der Waals surface area contributed by atoms with Crippen molar-refractivity contribution in [1.82, 2.24) is 4.90 Å². The molecular formula is C11H15F2NO2. The maximum atomic E-state index is 12.9. The van der Waals surface area contributed by atoms with Gasteiger partial charge in [-0.25, -0.2) is 8.78 Å². The zero-order chi connectivity index (χ0) is 11.8. The molecule has 1 aliphatic heterocycles. The molecule has 0 aromatic carbocycles. The van der Waals surface area contributed by atoms with Gasteiger partial charge in [-0.05, 0) is 12.8 Å². The van der Waals surface area contributed by atoms with Crippen LogP contribution in [-0.4, -0.2) is 35.6 Å². The van der Waals surface area contributed by atoms with Crippen LogP contribution in [0, 0.1) is 5.92 Å². The summed E-state index contributed by atoms with van der Waals surface area (Å²) in [6.45, 7) is -0.299. The van der Waals surface area contributed by atoms with E-state index in [9.17, 15) is 18.4 Å². The summed E-state index contributed by atoms with van der Waals surface area (Å²) in [5.41, 5.74) is 0. The Labute approximate surface area is 92.8 Å². The van der Waals surface area contributed by atoms with Gasteiger partial charge in [-0.15, -0.1) is 0 Å². The highest BCUT2D eigenvalue weighted by Gasteiger charge is 2.42. The van der Waals surface area contributed by atoms with Crippen molar-refractivity contribution in [3.63, 3.8) is 0 Å². The molecule has 90 valence electrons.